The van der Waals surface area contributed by atoms with E-state index in [-0.39, 0.29) is 21.7 Å². The summed E-state index contributed by atoms with van der Waals surface area (Å²) in [6.07, 6.45) is 12.6. The minimum absolute atomic E-state index is 0.0958. The molecule has 32 heavy (non-hydrogen) atoms. The highest BCUT2D eigenvalue weighted by atomic mass is 79.9. The van der Waals surface area contributed by atoms with Gasteiger partial charge >= 0.3 is 0 Å². The number of allylic oxidation sites excluding steroid dienone is 14. The van der Waals surface area contributed by atoms with Crippen LogP contribution in [0.15, 0.2) is 78.0 Å². The molecule has 4 rings (SSSR count). The normalized spacial score (nSPS) is 30.3. The Labute approximate surface area is 213 Å². The SMILES string of the molecule is CC(C)(C)C1=CC2=C(Br)C(Br)=C3C=C(C(C)(C)C)C=C4C([Si](C)(C)C)=CC(=C1)[C@]2(C)[C@@]43C. The topological polar surface area (TPSA) is 0 Å². The second-order valence-corrected chi connectivity index (χ2v) is 20.0. The lowest BCUT2D eigenvalue weighted by atomic mass is 9.45. The molecule has 4 aliphatic rings. The molecule has 0 spiro atoms. The maximum atomic E-state index is 4.07. The van der Waals surface area contributed by atoms with Crippen LogP contribution in [0.1, 0.15) is 55.4 Å². The predicted molar refractivity (Wildman–Crippen MR) is 151 cm³/mol. The van der Waals surface area contributed by atoms with E-state index in [2.05, 4.69) is 137 Å². The third-order valence-corrected chi connectivity index (χ3v) is 12.4. The van der Waals surface area contributed by atoms with Crippen LogP contribution in [0, 0.1) is 21.7 Å². The summed E-state index contributed by atoms with van der Waals surface area (Å²) in [7, 11) is -1.60. The molecule has 0 N–H and O–H groups in total. The Morgan fingerprint density at radius 2 is 1.09 bits per heavy atom. The predicted octanol–water partition coefficient (Wildman–Crippen LogP) is 9.95. The van der Waals surface area contributed by atoms with Crippen LogP contribution in [0.4, 0.5) is 0 Å². The van der Waals surface area contributed by atoms with Crippen LogP contribution in [0.3, 0.4) is 0 Å². The molecule has 0 bridgehead atoms. The van der Waals surface area contributed by atoms with Crippen molar-refractivity contribution in [2.24, 2.45) is 21.7 Å². The molecule has 0 fully saturated rings. The van der Waals surface area contributed by atoms with Gasteiger partial charge in [0.2, 0.25) is 0 Å². The number of halogens is 2. The minimum atomic E-state index is -1.60. The Morgan fingerprint density at radius 3 is 1.53 bits per heavy atom. The zero-order chi connectivity index (χ0) is 24.2. The van der Waals surface area contributed by atoms with E-state index >= 15 is 0 Å². The van der Waals surface area contributed by atoms with Gasteiger partial charge in [-0.05, 0) is 76.1 Å². The van der Waals surface area contributed by atoms with Gasteiger partial charge in [-0.2, -0.15) is 0 Å². The standard InChI is InChI=1S/C29H38Br2Si/c1-26(2,3)17-12-19-16-23(32(9,10)11)20-13-18(27(4,5)6)15-22-25(31)24(30)21(14-17)28(19,7)29(20,22)8/h12-16H,1-11H3/t28-,29-/m0/s1. The molecule has 4 aliphatic carbocycles. The summed E-state index contributed by atoms with van der Waals surface area (Å²) in [4.78, 5) is 0. The maximum absolute atomic E-state index is 4.07. The van der Waals surface area contributed by atoms with Gasteiger partial charge in [0.25, 0.3) is 0 Å². The van der Waals surface area contributed by atoms with Crippen molar-refractivity contribution in [2.45, 2.75) is 75.0 Å². The highest BCUT2D eigenvalue weighted by Gasteiger charge is 2.61. The molecule has 0 saturated heterocycles. The van der Waals surface area contributed by atoms with Gasteiger partial charge < -0.3 is 0 Å². The molecule has 0 heterocycles. The molecule has 172 valence electrons. The van der Waals surface area contributed by atoms with Gasteiger partial charge in [-0.1, -0.05) is 111 Å². The van der Waals surface area contributed by atoms with Crippen molar-refractivity contribution >= 4 is 39.9 Å². The van der Waals surface area contributed by atoms with E-state index in [1.54, 1.807) is 10.8 Å². The fourth-order valence-corrected chi connectivity index (χ4v) is 8.91. The van der Waals surface area contributed by atoms with Gasteiger partial charge in [-0.15, -0.1) is 0 Å². The molecule has 0 amide bonds. The van der Waals surface area contributed by atoms with E-state index in [1.165, 1.54) is 36.8 Å². The summed E-state index contributed by atoms with van der Waals surface area (Å²) in [5, 5.41) is 1.60. The average molecular weight is 575 g/mol. The largest absolute Gasteiger partial charge is 0.0780 e. The van der Waals surface area contributed by atoms with E-state index in [1.807, 2.05) is 0 Å². The summed E-state index contributed by atoms with van der Waals surface area (Å²) in [5.74, 6) is 0. The van der Waals surface area contributed by atoms with Crippen molar-refractivity contribution < 1.29 is 0 Å². The minimum Gasteiger partial charge on any atom is -0.0656 e. The van der Waals surface area contributed by atoms with Crippen molar-refractivity contribution in [1.82, 2.24) is 0 Å². The highest BCUT2D eigenvalue weighted by Crippen LogP contribution is 2.71. The van der Waals surface area contributed by atoms with Crippen LogP contribution in [0.5, 0.6) is 0 Å². The molecule has 0 aromatic carbocycles. The molecule has 0 unspecified atom stereocenters. The molecular weight excluding hydrogens is 536 g/mol. The summed E-state index contributed by atoms with van der Waals surface area (Å²) in [5.41, 5.74) is 8.64. The first-order valence-electron chi connectivity index (χ1n) is 11.8. The number of rotatable bonds is 1. The van der Waals surface area contributed by atoms with Crippen molar-refractivity contribution in [1.29, 1.82) is 0 Å². The smallest absolute Gasteiger partial charge is 0.0656 e. The van der Waals surface area contributed by atoms with Crippen molar-refractivity contribution in [3.63, 3.8) is 0 Å². The summed E-state index contributed by atoms with van der Waals surface area (Å²) < 4.78 is 2.41. The van der Waals surface area contributed by atoms with Gasteiger partial charge in [0, 0.05) is 19.8 Å². The van der Waals surface area contributed by atoms with E-state index < -0.39 is 8.07 Å². The van der Waals surface area contributed by atoms with Crippen LogP contribution < -0.4 is 0 Å². The van der Waals surface area contributed by atoms with Gasteiger partial charge in [0.05, 0.1) is 8.07 Å². The summed E-state index contributed by atoms with van der Waals surface area (Å²) in [6, 6.07) is 0. The number of hydrogen-bond donors (Lipinski definition) is 0. The Kier molecular flexibility index (Phi) is 5.32. The zero-order valence-electron chi connectivity index (χ0n) is 21.6. The van der Waals surface area contributed by atoms with Gasteiger partial charge in [0.15, 0.2) is 0 Å². The Balaban J connectivity index is 2.21. The fraction of sp³-hybridized carbons (Fsp3) is 0.517. The van der Waals surface area contributed by atoms with E-state index in [0.717, 1.165) is 0 Å². The lowest BCUT2D eigenvalue weighted by Gasteiger charge is -2.60. The third kappa shape index (κ3) is 3.17. The van der Waals surface area contributed by atoms with Gasteiger partial charge in [0.1, 0.15) is 0 Å². The van der Waals surface area contributed by atoms with Crippen LogP contribution in [0.2, 0.25) is 19.6 Å². The first-order valence-corrected chi connectivity index (χ1v) is 16.9. The molecule has 0 aliphatic heterocycles. The third-order valence-electron chi connectivity index (χ3n) is 8.20. The van der Waals surface area contributed by atoms with E-state index in [9.17, 15) is 0 Å². The molecular formula is C29H38Br2Si. The van der Waals surface area contributed by atoms with Crippen LogP contribution in [-0.4, -0.2) is 8.07 Å². The van der Waals surface area contributed by atoms with Crippen molar-refractivity contribution in [3.8, 4) is 0 Å². The monoisotopic (exact) mass is 572 g/mol. The van der Waals surface area contributed by atoms with E-state index in [4.69, 9.17) is 0 Å². The fourth-order valence-electron chi connectivity index (χ4n) is 5.75. The lowest BCUT2D eigenvalue weighted by Crippen LogP contribution is -2.52. The quantitative estimate of drug-likeness (QED) is 0.274. The summed E-state index contributed by atoms with van der Waals surface area (Å²) in [6.45, 7) is 26.4. The summed E-state index contributed by atoms with van der Waals surface area (Å²) >= 11 is 8.12. The molecule has 3 heteroatoms. The van der Waals surface area contributed by atoms with Crippen LogP contribution in [0.25, 0.3) is 0 Å². The maximum Gasteiger partial charge on any atom is 0.0780 e. The first kappa shape index (κ1) is 24.5. The molecule has 0 nitrogen and oxygen atoms in total. The molecule has 0 aromatic rings. The second-order valence-electron chi connectivity index (χ2n) is 13.4. The van der Waals surface area contributed by atoms with Crippen LogP contribution >= 0.6 is 31.9 Å². The molecule has 0 saturated carbocycles. The average Bonchev–Trinajstić information content (AvgIpc) is 2.62. The molecule has 2 atom stereocenters. The highest BCUT2D eigenvalue weighted by molar-refractivity contribution is 9.15. The first-order chi connectivity index (χ1) is 14.3. The Bertz CT molecular complexity index is 1140. The van der Waals surface area contributed by atoms with Crippen molar-refractivity contribution in [2.75, 3.05) is 0 Å². The zero-order valence-corrected chi connectivity index (χ0v) is 25.8. The molecule has 0 aromatic heterocycles. The Hall–Kier alpha value is -0.643. The van der Waals surface area contributed by atoms with Gasteiger partial charge in [-0.25, -0.2) is 0 Å². The lowest BCUT2D eigenvalue weighted by molar-refractivity contribution is 0.242. The van der Waals surface area contributed by atoms with Crippen LogP contribution in [-0.2, 0) is 0 Å². The molecule has 0 radical (unpaired) electrons. The Morgan fingerprint density at radius 1 is 0.656 bits per heavy atom. The number of hydrogen-bond acceptors (Lipinski definition) is 0. The van der Waals surface area contributed by atoms with E-state index in [0.29, 0.717) is 0 Å². The van der Waals surface area contributed by atoms with Crippen molar-refractivity contribution in [3.05, 3.63) is 78.0 Å². The second kappa shape index (κ2) is 6.95. The van der Waals surface area contributed by atoms with Gasteiger partial charge in [-0.3, -0.25) is 0 Å².